The smallest absolute Gasteiger partial charge is 0.0338 e. The van der Waals surface area contributed by atoms with Crippen molar-refractivity contribution in [2.24, 2.45) is 5.73 Å². The third kappa shape index (κ3) is 3.83. The van der Waals surface area contributed by atoms with Crippen LogP contribution in [0.2, 0.25) is 0 Å². The molecule has 0 amide bonds. The molecule has 0 bridgehead atoms. The SMILES string of the molecule is CC(C)(C)c1ccccc1C(N)Cc1ccc(I)cc1. The van der Waals surface area contributed by atoms with Gasteiger partial charge in [0.1, 0.15) is 0 Å². The van der Waals surface area contributed by atoms with Crippen LogP contribution in [0.1, 0.15) is 43.5 Å². The highest BCUT2D eigenvalue weighted by molar-refractivity contribution is 14.1. The maximum atomic E-state index is 6.46. The molecule has 0 fully saturated rings. The Kier molecular flexibility index (Phi) is 4.86. The first-order valence-corrected chi connectivity index (χ1v) is 8.05. The van der Waals surface area contributed by atoms with Crippen LogP contribution in [0.5, 0.6) is 0 Å². The Morgan fingerprint density at radius 1 is 1.00 bits per heavy atom. The number of benzene rings is 2. The molecule has 0 aromatic heterocycles. The summed E-state index contributed by atoms with van der Waals surface area (Å²) in [4.78, 5) is 0. The first kappa shape index (κ1) is 15.5. The van der Waals surface area contributed by atoms with E-state index in [1.807, 2.05) is 0 Å². The Morgan fingerprint density at radius 2 is 1.60 bits per heavy atom. The van der Waals surface area contributed by atoms with E-state index in [9.17, 15) is 0 Å². The van der Waals surface area contributed by atoms with E-state index in [4.69, 9.17) is 5.73 Å². The lowest BCUT2D eigenvalue weighted by atomic mass is 9.81. The standard InChI is InChI=1S/C18H22IN/c1-18(2,3)16-7-5-4-6-15(16)17(20)12-13-8-10-14(19)11-9-13/h4-11,17H,12,20H2,1-3H3. The Balaban J connectivity index is 2.25. The van der Waals surface area contributed by atoms with E-state index in [0.717, 1.165) is 6.42 Å². The van der Waals surface area contributed by atoms with Gasteiger partial charge in [-0.15, -0.1) is 0 Å². The van der Waals surface area contributed by atoms with Crippen LogP contribution >= 0.6 is 22.6 Å². The third-order valence-corrected chi connectivity index (χ3v) is 4.26. The molecule has 0 aliphatic rings. The van der Waals surface area contributed by atoms with Gasteiger partial charge in [0.05, 0.1) is 0 Å². The van der Waals surface area contributed by atoms with Crippen molar-refractivity contribution < 1.29 is 0 Å². The lowest BCUT2D eigenvalue weighted by Crippen LogP contribution is -2.21. The number of hydrogen-bond donors (Lipinski definition) is 1. The molecule has 0 aliphatic heterocycles. The van der Waals surface area contributed by atoms with E-state index in [0.29, 0.717) is 0 Å². The van der Waals surface area contributed by atoms with E-state index in [1.54, 1.807) is 0 Å². The third-order valence-electron chi connectivity index (χ3n) is 3.54. The number of rotatable bonds is 3. The Hall–Kier alpha value is -0.870. The highest BCUT2D eigenvalue weighted by Gasteiger charge is 2.20. The summed E-state index contributed by atoms with van der Waals surface area (Å²) < 4.78 is 1.26. The van der Waals surface area contributed by atoms with Gasteiger partial charge >= 0.3 is 0 Å². The fourth-order valence-electron chi connectivity index (χ4n) is 2.49. The average Bonchev–Trinajstić information content (AvgIpc) is 2.40. The zero-order valence-corrected chi connectivity index (χ0v) is 14.5. The summed E-state index contributed by atoms with van der Waals surface area (Å²) in [6, 6.07) is 17.2. The summed E-state index contributed by atoms with van der Waals surface area (Å²) in [6.45, 7) is 6.72. The minimum atomic E-state index is 0.0467. The van der Waals surface area contributed by atoms with Gasteiger partial charge in [-0.3, -0.25) is 0 Å². The predicted molar refractivity (Wildman–Crippen MR) is 94.9 cm³/mol. The molecule has 2 heteroatoms. The van der Waals surface area contributed by atoms with Gasteiger partial charge in [-0.2, -0.15) is 0 Å². The molecule has 20 heavy (non-hydrogen) atoms. The molecule has 1 atom stereocenters. The largest absolute Gasteiger partial charge is 0.324 e. The minimum absolute atomic E-state index is 0.0467. The summed E-state index contributed by atoms with van der Waals surface area (Å²) in [7, 11) is 0. The molecular weight excluding hydrogens is 357 g/mol. The van der Waals surface area contributed by atoms with Gasteiger partial charge in [-0.05, 0) is 63.2 Å². The maximum Gasteiger partial charge on any atom is 0.0338 e. The molecule has 2 rings (SSSR count). The van der Waals surface area contributed by atoms with Crippen molar-refractivity contribution in [1.29, 1.82) is 0 Å². The van der Waals surface area contributed by atoms with Gasteiger partial charge in [0.25, 0.3) is 0 Å². The molecule has 2 aromatic carbocycles. The van der Waals surface area contributed by atoms with Crippen LogP contribution in [0, 0.1) is 3.57 Å². The van der Waals surface area contributed by atoms with E-state index in [2.05, 4.69) is 91.9 Å². The average molecular weight is 379 g/mol. The molecule has 0 saturated carbocycles. The quantitative estimate of drug-likeness (QED) is 0.760. The Labute approximate surface area is 135 Å². The number of halogens is 1. The van der Waals surface area contributed by atoms with Gasteiger partial charge in [0, 0.05) is 9.61 Å². The second-order valence-electron chi connectivity index (χ2n) is 6.27. The van der Waals surface area contributed by atoms with Crippen LogP contribution in [0.25, 0.3) is 0 Å². The first-order valence-electron chi connectivity index (χ1n) is 6.97. The normalized spacial score (nSPS) is 13.2. The molecular formula is C18H22IN. The summed E-state index contributed by atoms with van der Waals surface area (Å²) in [5, 5.41) is 0. The van der Waals surface area contributed by atoms with Gasteiger partial charge < -0.3 is 5.73 Å². The topological polar surface area (TPSA) is 26.0 Å². The highest BCUT2D eigenvalue weighted by Crippen LogP contribution is 2.30. The van der Waals surface area contributed by atoms with Crippen LogP contribution in [0.15, 0.2) is 48.5 Å². The molecule has 0 heterocycles. The first-order chi connectivity index (χ1) is 9.38. The monoisotopic (exact) mass is 379 g/mol. The predicted octanol–water partition coefficient (Wildman–Crippen LogP) is 4.83. The van der Waals surface area contributed by atoms with Crippen molar-refractivity contribution in [3.05, 3.63) is 68.8 Å². The fraction of sp³-hybridized carbons (Fsp3) is 0.333. The lowest BCUT2D eigenvalue weighted by Gasteiger charge is -2.26. The summed E-state index contributed by atoms with van der Waals surface area (Å²) in [6.07, 6.45) is 0.879. The van der Waals surface area contributed by atoms with Gasteiger partial charge in [-0.1, -0.05) is 57.2 Å². The van der Waals surface area contributed by atoms with Crippen molar-refractivity contribution in [2.45, 2.75) is 38.6 Å². The Morgan fingerprint density at radius 3 is 2.20 bits per heavy atom. The molecule has 106 valence electrons. The molecule has 0 radical (unpaired) electrons. The molecule has 0 saturated heterocycles. The highest BCUT2D eigenvalue weighted by atomic mass is 127. The van der Waals surface area contributed by atoms with E-state index in [1.165, 1.54) is 20.3 Å². The van der Waals surface area contributed by atoms with Crippen molar-refractivity contribution in [2.75, 3.05) is 0 Å². The number of nitrogens with two attached hydrogens (primary N) is 1. The molecule has 0 spiro atoms. The zero-order chi connectivity index (χ0) is 14.8. The second kappa shape index (κ2) is 6.27. The maximum absolute atomic E-state index is 6.46. The summed E-state index contributed by atoms with van der Waals surface area (Å²) >= 11 is 2.33. The molecule has 2 aromatic rings. The van der Waals surface area contributed by atoms with Gasteiger partial charge in [0.2, 0.25) is 0 Å². The summed E-state index contributed by atoms with van der Waals surface area (Å²) in [5.74, 6) is 0. The van der Waals surface area contributed by atoms with Crippen molar-refractivity contribution in [1.82, 2.24) is 0 Å². The van der Waals surface area contributed by atoms with E-state index >= 15 is 0 Å². The van der Waals surface area contributed by atoms with Gasteiger partial charge in [-0.25, -0.2) is 0 Å². The number of hydrogen-bond acceptors (Lipinski definition) is 1. The minimum Gasteiger partial charge on any atom is -0.324 e. The van der Waals surface area contributed by atoms with Crippen LogP contribution in [-0.2, 0) is 11.8 Å². The Bertz CT molecular complexity index is 567. The molecule has 1 nitrogen and oxygen atoms in total. The zero-order valence-electron chi connectivity index (χ0n) is 12.4. The van der Waals surface area contributed by atoms with Crippen molar-refractivity contribution >= 4 is 22.6 Å². The summed E-state index contributed by atoms with van der Waals surface area (Å²) in [5.41, 5.74) is 10.5. The van der Waals surface area contributed by atoms with Crippen LogP contribution in [0.4, 0.5) is 0 Å². The van der Waals surface area contributed by atoms with Crippen LogP contribution < -0.4 is 5.73 Å². The van der Waals surface area contributed by atoms with E-state index in [-0.39, 0.29) is 11.5 Å². The molecule has 0 aliphatic carbocycles. The van der Waals surface area contributed by atoms with E-state index < -0.39 is 0 Å². The van der Waals surface area contributed by atoms with Crippen molar-refractivity contribution in [3.8, 4) is 0 Å². The fourth-order valence-corrected chi connectivity index (χ4v) is 2.85. The van der Waals surface area contributed by atoms with Gasteiger partial charge in [0.15, 0.2) is 0 Å². The second-order valence-corrected chi connectivity index (χ2v) is 7.52. The van der Waals surface area contributed by atoms with Crippen molar-refractivity contribution in [3.63, 3.8) is 0 Å². The van der Waals surface area contributed by atoms with Crippen LogP contribution in [-0.4, -0.2) is 0 Å². The molecule has 2 N–H and O–H groups in total. The van der Waals surface area contributed by atoms with Crippen LogP contribution in [0.3, 0.4) is 0 Å². The molecule has 1 unspecified atom stereocenters. The lowest BCUT2D eigenvalue weighted by molar-refractivity contribution is 0.568.